The van der Waals surface area contributed by atoms with Gasteiger partial charge in [0.05, 0.1) is 6.10 Å². The Morgan fingerprint density at radius 3 is 2.00 bits per heavy atom. The zero-order chi connectivity index (χ0) is 8.15. The Morgan fingerprint density at radius 1 is 1.20 bits per heavy atom. The molecule has 0 saturated heterocycles. The third-order valence-electron chi connectivity index (χ3n) is 1.63. The van der Waals surface area contributed by atoms with Gasteiger partial charge in [-0.05, 0) is 18.8 Å². The average Bonchev–Trinajstić information content (AvgIpc) is 1.82. The van der Waals surface area contributed by atoms with E-state index in [9.17, 15) is 5.11 Å². The standard InChI is InChI=1S/C8H17BrO/c1-6(2)8(10)5-4-7(3)9/h6-8,10H,4-5H2,1-3H3. The van der Waals surface area contributed by atoms with Crippen LogP contribution in [0.1, 0.15) is 33.6 Å². The molecule has 0 aliphatic heterocycles. The van der Waals surface area contributed by atoms with Crippen molar-refractivity contribution >= 4 is 15.9 Å². The number of alkyl halides is 1. The SMILES string of the molecule is CC(Br)CCC(O)C(C)C. The first-order valence-corrected chi connectivity index (χ1v) is 4.77. The van der Waals surface area contributed by atoms with Crippen LogP contribution in [0.4, 0.5) is 0 Å². The summed E-state index contributed by atoms with van der Waals surface area (Å²) in [6.07, 6.45) is 1.84. The van der Waals surface area contributed by atoms with Crippen molar-refractivity contribution in [3.63, 3.8) is 0 Å². The largest absolute Gasteiger partial charge is 0.393 e. The number of hydrogen-bond donors (Lipinski definition) is 1. The molecule has 1 N–H and O–H groups in total. The van der Waals surface area contributed by atoms with Gasteiger partial charge in [-0.3, -0.25) is 0 Å². The van der Waals surface area contributed by atoms with E-state index in [0.29, 0.717) is 10.7 Å². The van der Waals surface area contributed by atoms with E-state index >= 15 is 0 Å². The molecule has 0 heterocycles. The van der Waals surface area contributed by atoms with Gasteiger partial charge in [-0.2, -0.15) is 0 Å². The van der Waals surface area contributed by atoms with Gasteiger partial charge in [0, 0.05) is 4.83 Å². The zero-order valence-corrected chi connectivity index (χ0v) is 8.56. The van der Waals surface area contributed by atoms with E-state index in [0.717, 1.165) is 12.8 Å². The van der Waals surface area contributed by atoms with E-state index < -0.39 is 0 Å². The summed E-state index contributed by atoms with van der Waals surface area (Å²) in [6.45, 7) is 6.19. The van der Waals surface area contributed by atoms with Crippen LogP contribution in [0, 0.1) is 5.92 Å². The van der Waals surface area contributed by atoms with Gasteiger partial charge in [-0.1, -0.05) is 36.7 Å². The zero-order valence-electron chi connectivity index (χ0n) is 6.97. The van der Waals surface area contributed by atoms with Crippen molar-refractivity contribution in [3.8, 4) is 0 Å². The highest BCUT2D eigenvalue weighted by Crippen LogP contribution is 2.13. The molecule has 2 unspecified atom stereocenters. The molecule has 0 aliphatic carbocycles. The summed E-state index contributed by atoms with van der Waals surface area (Å²) < 4.78 is 0. The minimum absolute atomic E-state index is 0.125. The van der Waals surface area contributed by atoms with Crippen LogP contribution in [-0.4, -0.2) is 16.0 Å². The molecule has 0 spiro atoms. The van der Waals surface area contributed by atoms with Crippen LogP contribution in [0.3, 0.4) is 0 Å². The minimum atomic E-state index is -0.125. The summed E-state index contributed by atoms with van der Waals surface area (Å²) in [5.41, 5.74) is 0. The number of aliphatic hydroxyl groups excluding tert-OH is 1. The van der Waals surface area contributed by atoms with Crippen LogP contribution in [0.15, 0.2) is 0 Å². The lowest BCUT2D eigenvalue weighted by atomic mass is 10.0. The smallest absolute Gasteiger partial charge is 0.0563 e. The van der Waals surface area contributed by atoms with Gasteiger partial charge in [-0.25, -0.2) is 0 Å². The molecule has 2 atom stereocenters. The molecule has 0 fully saturated rings. The van der Waals surface area contributed by atoms with Gasteiger partial charge in [0.2, 0.25) is 0 Å². The minimum Gasteiger partial charge on any atom is -0.393 e. The van der Waals surface area contributed by atoms with Crippen molar-refractivity contribution in [2.24, 2.45) is 5.92 Å². The fraction of sp³-hybridized carbons (Fsp3) is 1.00. The molecule has 0 amide bonds. The monoisotopic (exact) mass is 208 g/mol. The van der Waals surface area contributed by atoms with Crippen LogP contribution in [-0.2, 0) is 0 Å². The fourth-order valence-electron chi connectivity index (χ4n) is 0.734. The first-order valence-electron chi connectivity index (χ1n) is 3.86. The third kappa shape index (κ3) is 5.24. The van der Waals surface area contributed by atoms with Crippen LogP contribution >= 0.6 is 15.9 Å². The lowest BCUT2D eigenvalue weighted by Gasteiger charge is -2.14. The molecule has 10 heavy (non-hydrogen) atoms. The molecule has 0 radical (unpaired) electrons. The summed E-state index contributed by atoms with van der Waals surface area (Å²) in [4.78, 5) is 0.529. The van der Waals surface area contributed by atoms with Crippen LogP contribution < -0.4 is 0 Å². The first-order chi connectivity index (χ1) is 4.54. The molecule has 0 aromatic rings. The topological polar surface area (TPSA) is 20.2 Å². The summed E-state index contributed by atoms with van der Waals surface area (Å²) in [7, 11) is 0. The van der Waals surface area contributed by atoms with Crippen molar-refractivity contribution in [2.75, 3.05) is 0 Å². The second kappa shape index (κ2) is 5.14. The van der Waals surface area contributed by atoms with E-state index in [1.165, 1.54) is 0 Å². The van der Waals surface area contributed by atoms with Crippen molar-refractivity contribution < 1.29 is 5.11 Å². The highest BCUT2D eigenvalue weighted by Gasteiger charge is 2.09. The maximum atomic E-state index is 9.35. The number of halogens is 1. The van der Waals surface area contributed by atoms with E-state index in [1.54, 1.807) is 0 Å². The quantitative estimate of drug-likeness (QED) is 0.705. The molecular formula is C8H17BrO. The van der Waals surface area contributed by atoms with Gasteiger partial charge in [0.1, 0.15) is 0 Å². The highest BCUT2D eigenvalue weighted by molar-refractivity contribution is 9.09. The van der Waals surface area contributed by atoms with E-state index in [4.69, 9.17) is 0 Å². The number of rotatable bonds is 4. The van der Waals surface area contributed by atoms with Crippen LogP contribution in [0.25, 0.3) is 0 Å². The van der Waals surface area contributed by atoms with Crippen molar-refractivity contribution in [1.29, 1.82) is 0 Å². The van der Waals surface area contributed by atoms with Crippen molar-refractivity contribution in [3.05, 3.63) is 0 Å². The summed E-state index contributed by atoms with van der Waals surface area (Å²) in [5.74, 6) is 0.395. The lowest BCUT2D eigenvalue weighted by Crippen LogP contribution is -2.15. The number of aliphatic hydroxyl groups is 1. The first kappa shape index (κ1) is 10.4. The van der Waals surface area contributed by atoms with Crippen LogP contribution in [0.2, 0.25) is 0 Å². The fourth-order valence-corrected chi connectivity index (χ4v) is 0.998. The molecule has 0 aliphatic rings. The molecule has 0 aromatic heterocycles. The van der Waals surface area contributed by atoms with Gasteiger partial charge < -0.3 is 5.11 Å². The van der Waals surface area contributed by atoms with E-state index in [-0.39, 0.29) is 6.10 Å². The Hall–Kier alpha value is 0.440. The van der Waals surface area contributed by atoms with E-state index in [2.05, 4.69) is 22.9 Å². The Bertz CT molecular complexity index is 81.3. The molecule has 2 heteroatoms. The maximum Gasteiger partial charge on any atom is 0.0563 e. The van der Waals surface area contributed by atoms with Gasteiger partial charge in [0.15, 0.2) is 0 Å². The predicted molar refractivity (Wildman–Crippen MR) is 48.5 cm³/mol. The maximum absolute atomic E-state index is 9.35. The molecule has 1 nitrogen and oxygen atoms in total. The Labute approximate surface area is 72.0 Å². The summed E-state index contributed by atoms with van der Waals surface area (Å²) >= 11 is 3.44. The second-order valence-electron chi connectivity index (χ2n) is 3.17. The molecule has 62 valence electrons. The molecular weight excluding hydrogens is 192 g/mol. The van der Waals surface area contributed by atoms with Gasteiger partial charge in [0.25, 0.3) is 0 Å². The second-order valence-corrected chi connectivity index (χ2v) is 4.73. The average molecular weight is 209 g/mol. The van der Waals surface area contributed by atoms with Crippen molar-refractivity contribution in [2.45, 2.75) is 44.5 Å². The normalized spacial score (nSPS) is 17.4. The van der Waals surface area contributed by atoms with E-state index in [1.807, 2.05) is 13.8 Å². The van der Waals surface area contributed by atoms with Gasteiger partial charge in [-0.15, -0.1) is 0 Å². The lowest BCUT2D eigenvalue weighted by molar-refractivity contribution is 0.114. The predicted octanol–water partition coefficient (Wildman–Crippen LogP) is 2.57. The third-order valence-corrected chi connectivity index (χ3v) is 2.09. The van der Waals surface area contributed by atoms with Gasteiger partial charge >= 0.3 is 0 Å². The van der Waals surface area contributed by atoms with Crippen LogP contribution in [0.5, 0.6) is 0 Å². The molecule has 0 saturated carbocycles. The molecule has 0 rings (SSSR count). The summed E-state index contributed by atoms with van der Waals surface area (Å²) in [5, 5.41) is 9.35. The Kier molecular flexibility index (Phi) is 5.36. The van der Waals surface area contributed by atoms with Crippen molar-refractivity contribution in [1.82, 2.24) is 0 Å². The highest BCUT2D eigenvalue weighted by atomic mass is 79.9. The number of hydrogen-bond acceptors (Lipinski definition) is 1. The Morgan fingerprint density at radius 2 is 1.70 bits per heavy atom. The molecule has 0 aromatic carbocycles. The summed E-state index contributed by atoms with van der Waals surface area (Å²) in [6, 6.07) is 0. The Balaban J connectivity index is 3.30. The molecule has 0 bridgehead atoms.